The van der Waals surface area contributed by atoms with Gasteiger partial charge in [0.15, 0.2) is 12.6 Å². The predicted molar refractivity (Wildman–Crippen MR) is 55.2 cm³/mol. The summed E-state index contributed by atoms with van der Waals surface area (Å²) in [4.78, 5) is 26.8. The number of hydrogen-bond acceptors (Lipinski definition) is 2. The van der Waals surface area contributed by atoms with Crippen LogP contribution in [0.1, 0.15) is 32.4 Å². The summed E-state index contributed by atoms with van der Waals surface area (Å²) in [6.07, 6.45) is 2.20. The summed E-state index contributed by atoms with van der Waals surface area (Å²) < 4.78 is 0. The fourth-order valence-electron chi connectivity index (χ4n) is 1.47. The number of carbonyl (C=O) groups is 2. The maximum absolute atomic E-state index is 10.4. The lowest BCUT2D eigenvalue weighted by atomic mass is 10.2. The van der Waals surface area contributed by atoms with Gasteiger partial charge in [-0.3, -0.25) is 9.59 Å². The second-order valence-corrected chi connectivity index (χ2v) is 3.29. The zero-order chi connectivity index (χ0) is 10.7. The molecular formula is C11H10N2O2. The molecule has 4 heteroatoms. The number of rotatable bonds is 4. The molecule has 2 rings (SSSR count). The molecule has 15 heavy (non-hydrogen) atoms. The number of aromatic nitrogens is 2. The summed E-state index contributed by atoms with van der Waals surface area (Å²) in [5, 5.41) is 0. The van der Waals surface area contributed by atoms with Gasteiger partial charge in [0.2, 0.25) is 0 Å². The van der Waals surface area contributed by atoms with Crippen molar-refractivity contribution in [2.75, 3.05) is 0 Å². The molecule has 4 nitrogen and oxygen atoms in total. The van der Waals surface area contributed by atoms with E-state index < -0.39 is 0 Å². The first-order chi connectivity index (χ1) is 7.31. The smallest absolute Gasteiger partial charge is 0.166 e. The molecule has 2 aromatic rings. The molecule has 2 aromatic heterocycles. The van der Waals surface area contributed by atoms with Crippen molar-refractivity contribution in [1.29, 1.82) is 0 Å². The Morgan fingerprint density at radius 2 is 1.33 bits per heavy atom. The van der Waals surface area contributed by atoms with Crippen molar-refractivity contribution < 1.29 is 9.59 Å². The molecule has 0 spiro atoms. The third kappa shape index (κ3) is 2.04. The molecule has 0 radical (unpaired) electrons. The van der Waals surface area contributed by atoms with Crippen LogP contribution in [0.3, 0.4) is 0 Å². The molecule has 0 atom stereocenters. The van der Waals surface area contributed by atoms with Crippen molar-refractivity contribution in [3.05, 3.63) is 47.0 Å². The minimum absolute atomic E-state index is 0.562. The summed E-state index contributed by atoms with van der Waals surface area (Å²) in [5.41, 5.74) is 3.01. The summed E-state index contributed by atoms with van der Waals surface area (Å²) >= 11 is 0. The monoisotopic (exact) mass is 202 g/mol. The van der Waals surface area contributed by atoms with Crippen molar-refractivity contribution in [1.82, 2.24) is 9.97 Å². The Bertz CT molecular complexity index is 438. The van der Waals surface area contributed by atoms with E-state index in [0.29, 0.717) is 17.8 Å². The van der Waals surface area contributed by atoms with Crippen LogP contribution in [0.4, 0.5) is 0 Å². The van der Waals surface area contributed by atoms with Gasteiger partial charge in [0.25, 0.3) is 0 Å². The van der Waals surface area contributed by atoms with E-state index in [9.17, 15) is 9.59 Å². The van der Waals surface area contributed by atoms with Gasteiger partial charge in [-0.1, -0.05) is 0 Å². The van der Waals surface area contributed by atoms with Gasteiger partial charge in [-0.05, 0) is 24.3 Å². The first-order valence-corrected chi connectivity index (χ1v) is 4.58. The Labute approximate surface area is 86.3 Å². The van der Waals surface area contributed by atoms with Crippen molar-refractivity contribution in [2.45, 2.75) is 6.42 Å². The third-order valence-corrected chi connectivity index (χ3v) is 2.17. The van der Waals surface area contributed by atoms with Crippen LogP contribution in [0.15, 0.2) is 24.3 Å². The van der Waals surface area contributed by atoms with E-state index in [1.807, 2.05) is 12.1 Å². The van der Waals surface area contributed by atoms with Crippen LogP contribution >= 0.6 is 0 Å². The van der Waals surface area contributed by atoms with Gasteiger partial charge >= 0.3 is 0 Å². The lowest BCUT2D eigenvalue weighted by molar-refractivity contribution is 0.111. The molecule has 0 amide bonds. The minimum Gasteiger partial charge on any atom is -0.356 e. The molecule has 2 N–H and O–H groups in total. The van der Waals surface area contributed by atoms with E-state index in [4.69, 9.17) is 0 Å². The fraction of sp³-hybridized carbons (Fsp3) is 0.0909. The van der Waals surface area contributed by atoms with Gasteiger partial charge in [-0.2, -0.15) is 0 Å². The largest absolute Gasteiger partial charge is 0.356 e. The molecule has 0 aliphatic heterocycles. The van der Waals surface area contributed by atoms with Gasteiger partial charge < -0.3 is 9.97 Å². The number of aromatic amines is 2. The van der Waals surface area contributed by atoms with Gasteiger partial charge in [-0.25, -0.2) is 0 Å². The van der Waals surface area contributed by atoms with Crippen molar-refractivity contribution in [3.8, 4) is 0 Å². The second kappa shape index (κ2) is 3.96. The number of hydrogen-bond donors (Lipinski definition) is 2. The van der Waals surface area contributed by atoms with Crippen LogP contribution in [0, 0.1) is 0 Å². The first kappa shape index (κ1) is 9.45. The zero-order valence-corrected chi connectivity index (χ0v) is 7.99. The van der Waals surface area contributed by atoms with E-state index in [1.54, 1.807) is 12.1 Å². The van der Waals surface area contributed by atoms with Gasteiger partial charge in [-0.15, -0.1) is 0 Å². The van der Waals surface area contributed by atoms with Gasteiger partial charge in [0.05, 0.1) is 11.4 Å². The maximum atomic E-state index is 10.4. The Morgan fingerprint density at radius 1 is 0.867 bits per heavy atom. The SMILES string of the molecule is O=Cc1ccc(Cc2ccc(C=O)[nH]2)[nH]1. The van der Waals surface area contributed by atoms with Crippen LogP contribution in [0.5, 0.6) is 0 Å². The van der Waals surface area contributed by atoms with E-state index >= 15 is 0 Å². The molecule has 0 aliphatic rings. The first-order valence-electron chi connectivity index (χ1n) is 4.58. The number of aldehydes is 2. The standard InChI is InChI=1S/C11H10N2O2/c14-6-10-3-1-8(12-10)5-9-2-4-11(7-15)13-9/h1-4,6-7,12-13H,5H2. The molecule has 0 aromatic carbocycles. The van der Waals surface area contributed by atoms with Crippen molar-refractivity contribution in [3.63, 3.8) is 0 Å². The topological polar surface area (TPSA) is 65.7 Å². The van der Waals surface area contributed by atoms with E-state index in [-0.39, 0.29) is 0 Å². The predicted octanol–water partition coefficient (Wildman–Crippen LogP) is 1.56. The highest BCUT2D eigenvalue weighted by molar-refractivity contribution is 5.72. The molecule has 76 valence electrons. The summed E-state index contributed by atoms with van der Waals surface area (Å²) in [7, 11) is 0. The van der Waals surface area contributed by atoms with Crippen LogP contribution in [-0.2, 0) is 6.42 Å². The molecule has 2 heterocycles. The lowest BCUT2D eigenvalue weighted by Gasteiger charge is -1.94. The highest BCUT2D eigenvalue weighted by atomic mass is 16.1. The van der Waals surface area contributed by atoms with Crippen LogP contribution in [-0.4, -0.2) is 22.5 Å². The summed E-state index contributed by atoms with van der Waals surface area (Å²) in [6.45, 7) is 0. The quantitative estimate of drug-likeness (QED) is 0.739. The average molecular weight is 202 g/mol. The Balaban J connectivity index is 2.13. The molecule has 0 saturated heterocycles. The molecular weight excluding hydrogens is 192 g/mol. The Morgan fingerprint density at radius 3 is 1.67 bits per heavy atom. The number of nitrogens with one attached hydrogen (secondary N) is 2. The average Bonchev–Trinajstić information content (AvgIpc) is 2.87. The molecule has 0 bridgehead atoms. The summed E-state index contributed by atoms with van der Waals surface area (Å²) in [5.74, 6) is 0. The van der Waals surface area contributed by atoms with Crippen LogP contribution < -0.4 is 0 Å². The van der Waals surface area contributed by atoms with Crippen molar-refractivity contribution in [2.24, 2.45) is 0 Å². The van der Waals surface area contributed by atoms with Crippen LogP contribution in [0.2, 0.25) is 0 Å². The lowest BCUT2D eigenvalue weighted by Crippen LogP contribution is -1.90. The van der Waals surface area contributed by atoms with Gasteiger partial charge in [0, 0.05) is 17.8 Å². The molecule has 0 unspecified atom stereocenters. The fourth-order valence-corrected chi connectivity index (χ4v) is 1.47. The van der Waals surface area contributed by atoms with Gasteiger partial charge in [0.1, 0.15) is 0 Å². The highest BCUT2D eigenvalue weighted by Crippen LogP contribution is 2.08. The van der Waals surface area contributed by atoms with Crippen LogP contribution in [0.25, 0.3) is 0 Å². The van der Waals surface area contributed by atoms with E-state index in [1.165, 1.54) is 0 Å². The zero-order valence-electron chi connectivity index (χ0n) is 7.99. The Hall–Kier alpha value is -2.10. The number of H-pyrrole nitrogens is 2. The molecule has 0 fully saturated rings. The third-order valence-electron chi connectivity index (χ3n) is 2.17. The normalized spacial score (nSPS) is 10.1. The highest BCUT2D eigenvalue weighted by Gasteiger charge is 2.01. The van der Waals surface area contributed by atoms with E-state index in [0.717, 1.165) is 24.0 Å². The molecule has 0 saturated carbocycles. The van der Waals surface area contributed by atoms with E-state index in [2.05, 4.69) is 9.97 Å². The second-order valence-electron chi connectivity index (χ2n) is 3.29. The summed E-state index contributed by atoms with van der Waals surface area (Å²) in [6, 6.07) is 7.16. The molecule has 0 aliphatic carbocycles. The maximum Gasteiger partial charge on any atom is 0.166 e. The van der Waals surface area contributed by atoms with Crippen molar-refractivity contribution >= 4 is 12.6 Å². The Kier molecular flexibility index (Phi) is 2.49. The number of carbonyl (C=O) groups excluding carboxylic acids is 2. The minimum atomic E-state index is 0.562.